The van der Waals surface area contributed by atoms with Crippen molar-refractivity contribution in [1.29, 1.82) is 0 Å². The Morgan fingerprint density at radius 1 is 1.67 bits per heavy atom. The minimum atomic E-state index is -0.389. The van der Waals surface area contributed by atoms with Crippen molar-refractivity contribution in [2.75, 3.05) is 31.3 Å². The van der Waals surface area contributed by atoms with Gasteiger partial charge in [-0.3, -0.25) is 0 Å². The number of nitrogens with two attached hydrogens (primary N) is 1. The first-order valence-electron chi connectivity index (χ1n) is 6.04. The van der Waals surface area contributed by atoms with E-state index >= 15 is 0 Å². The number of nitrogen functional groups attached to an aromatic ring is 1. The molecule has 1 saturated heterocycles. The van der Waals surface area contributed by atoms with Gasteiger partial charge in [0, 0.05) is 13.2 Å². The molecular formula is C12H18N2O3S. The minimum Gasteiger partial charge on any atom is -0.465 e. The number of thiophene rings is 1. The Morgan fingerprint density at radius 3 is 3.17 bits per heavy atom. The molecule has 1 aromatic rings. The number of nitrogens with one attached hydrogen (secondary N) is 1. The molecule has 5 nitrogen and oxygen atoms in total. The molecule has 0 amide bonds. The molecule has 1 unspecified atom stereocenters. The Morgan fingerprint density at radius 2 is 2.50 bits per heavy atom. The Kier molecular flexibility index (Phi) is 4.43. The predicted octanol–water partition coefficient (Wildman–Crippen LogP) is 2.10. The Bertz CT molecular complexity index is 413. The van der Waals surface area contributed by atoms with E-state index in [1.54, 1.807) is 6.07 Å². The van der Waals surface area contributed by atoms with Crippen molar-refractivity contribution in [2.24, 2.45) is 0 Å². The van der Waals surface area contributed by atoms with E-state index in [4.69, 9.17) is 10.5 Å². The number of carbonyl (C=O) groups excluding carboxylic acids is 1. The normalized spacial score (nSPS) is 19.5. The monoisotopic (exact) mass is 270 g/mol. The lowest BCUT2D eigenvalue weighted by molar-refractivity contribution is 0.0248. The fraction of sp³-hybridized carbons (Fsp3) is 0.583. The van der Waals surface area contributed by atoms with Gasteiger partial charge in [0.1, 0.15) is 4.88 Å². The molecule has 0 bridgehead atoms. The smallest absolute Gasteiger partial charge is 0.350 e. The first kappa shape index (κ1) is 13.2. The van der Waals surface area contributed by atoms with Gasteiger partial charge in [-0.2, -0.15) is 0 Å². The Balaban J connectivity index is 1.91. The maximum absolute atomic E-state index is 11.4. The number of esters is 1. The van der Waals surface area contributed by atoms with Crippen LogP contribution in [0.3, 0.4) is 0 Å². The van der Waals surface area contributed by atoms with Crippen molar-refractivity contribution in [3.05, 3.63) is 10.9 Å². The average molecular weight is 270 g/mol. The summed E-state index contributed by atoms with van der Waals surface area (Å²) in [6.07, 6.45) is 3.70. The lowest BCUT2D eigenvalue weighted by Gasteiger charge is -2.22. The quantitative estimate of drug-likeness (QED) is 0.820. The third-order valence-corrected chi connectivity index (χ3v) is 4.00. The van der Waals surface area contributed by atoms with Crippen LogP contribution in [0, 0.1) is 0 Å². The van der Waals surface area contributed by atoms with E-state index in [0.29, 0.717) is 10.6 Å². The summed E-state index contributed by atoms with van der Waals surface area (Å²) in [7, 11) is 1.35. The van der Waals surface area contributed by atoms with Gasteiger partial charge < -0.3 is 20.5 Å². The number of hydrogen-bond donors (Lipinski definition) is 2. The number of anilines is 2. The summed E-state index contributed by atoms with van der Waals surface area (Å²) >= 11 is 1.31. The van der Waals surface area contributed by atoms with Crippen LogP contribution in [0.25, 0.3) is 0 Å². The highest BCUT2D eigenvalue weighted by Gasteiger charge is 2.17. The van der Waals surface area contributed by atoms with Crippen LogP contribution in [0.1, 0.15) is 28.9 Å². The molecule has 0 aliphatic carbocycles. The van der Waals surface area contributed by atoms with Crippen LogP contribution in [0.5, 0.6) is 0 Å². The highest BCUT2D eigenvalue weighted by atomic mass is 32.1. The zero-order chi connectivity index (χ0) is 13.0. The highest BCUT2D eigenvalue weighted by molar-refractivity contribution is 7.18. The van der Waals surface area contributed by atoms with E-state index in [-0.39, 0.29) is 12.1 Å². The maximum atomic E-state index is 11.4. The summed E-state index contributed by atoms with van der Waals surface area (Å²) < 4.78 is 10.3. The molecule has 2 heterocycles. The Labute approximate surface area is 110 Å². The van der Waals surface area contributed by atoms with Gasteiger partial charge in [-0.05, 0) is 25.3 Å². The second kappa shape index (κ2) is 6.06. The first-order valence-corrected chi connectivity index (χ1v) is 6.85. The van der Waals surface area contributed by atoms with Crippen molar-refractivity contribution in [1.82, 2.24) is 0 Å². The molecule has 6 heteroatoms. The van der Waals surface area contributed by atoms with Crippen molar-refractivity contribution in [2.45, 2.75) is 25.4 Å². The van der Waals surface area contributed by atoms with E-state index in [1.165, 1.54) is 24.9 Å². The number of hydrogen-bond acceptors (Lipinski definition) is 6. The summed E-state index contributed by atoms with van der Waals surface area (Å²) in [5.41, 5.74) is 6.22. The van der Waals surface area contributed by atoms with Crippen LogP contribution in [0.4, 0.5) is 10.7 Å². The van der Waals surface area contributed by atoms with Crippen molar-refractivity contribution >= 4 is 28.0 Å². The van der Waals surface area contributed by atoms with E-state index in [9.17, 15) is 4.79 Å². The first-order chi connectivity index (χ1) is 8.70. The van der Waals surface area contributed by atoms with Crippen molar-refractivity contribution in [3.8, 4) is 0 Å². The van der Waals surface area contributed by atoms with Crippen molar-refractivity contribution < 1.29 is 14.3 Å². The summed E-state index contributed by atoms with van der Waals surface area (Å²) in [4.78, 5) is 11.9. The van der Waals surface area contributed by atoms with Crippen molar-refractivity contribution in [3.63, 3.8) is 0 Å². The second-order valence-corrected chi connectivity index (χ2v) is 5.31. The fourth-order valence-electron chi connectivity index (χ4n) is 1.93. The summed E-state index contributed by atoms with van der Waals surface area (Å²) in [6, 6.07) is 1.76. The predicted molar refractivity (Wildman–Crippen MR) is 72.2 cm³/mol. The van der Waals surface area contributed by atoms with E-state index in [1.807, 2.05) is 0 Å². The van der Waals surface area contributed by atoms with Gasteiger partial charge in [0.25, 0.3) is 0 Å². The maximum Gasteiger partial charge on any atom is 0.350 e. The molecule has 0 radical (unpaired) electrons. The Hall–Kier alpha value is -1.27. The molecule has 1 atom stereocenters. The summed E-state index contributed by atoms with van der Waals surface area (Å²) in [5.74, 6) is -0.389. The second-order valence-electron chi connectivity index (χ2n) is 4.26. The van der Waals surface area contributed by atoms with Crippen LogP contribution in [0.2, 0.25) is 0 Å². The fourth-order valence-corrected chi connectivity index (χ4v) is 2.83. The number of ether oxygens (including phenoxy) is 2. The molecule has 1 aromatic heterocycles. The van der Waals surface area contributed by atoms with Crippen LogP contribution in [0.15, 0.2) is 6.07 Å². The highest BCUT2D eigenvalue weighted by Crippen LogP contribution is 2.30. The van der Waals surface area contributed by atoms with Gasteiger partial charge >= 0.3 is 5.97 Å². The molecule has 1 aliphatic rings. The average Bonchev–Trinajstić information content (AvgIpc) is 2.78. The van der Waals surface area contributed by atoms with Crippen LogP contribution >= 0.6 is 11.3 Å². The lowest BCUT2D eigenvalue weighted by atomic mass is 10.1. The van der Waals surface area contributed by atoms with E-state index < -0.39 is 0 Å². The van der Waals surface area contributed by atoms with Gasteiger partial charge in [0.05, 0.1) is 23.9 Å². The van der Waals surface area contributed by atoms with Gasteiger partial charge in [0.2, 0.25) is 0 Å². The van der Waals surface area contributed by atoms with Gasteiger partial charge in [-0.15, -0.1) is 11.3 Å². The molecule has 0 spiro atoms. The molecule has 0 saturated carbocycles. The summed E-state index contributed by atoms with van der Waals surface area (Å²) in [5, 5.41) is 4.14. The van der Waals surface area contributed by atoms with Crippen LogP contribution < -0.4 is 11.1 Å². The molecule has 18 heavy (non-hydrogen) atoms. The third-order valence-electron chi connectivity index (χ3n) is 2.91. The standard InChI is InChI=1S/C12H18N2O3S/c1-16-12(15)11-9(13)6-10(18-11)14-7-8-4-2-3-5-17-8/h6,8,14H,2-5,7,13H2,1H3. The third kappa shape index (κ3) is 3.14. The zero-order valence-corrected chi connectivity index (χ0v) is 11.2. The molecule has 1 aliphatic heterocycles. The SMILES string of the molecule is COC(=O)c1sc(NCC2CCCCO2)cc1N. The molecule has 3 N–H and O–H groups in total. The summed E-state index contributed by atoms with van der Waals surface area (Å²) in [6.45, 7) is 1.59. The van der Waals surface area contributed by atoms with Gasteiger partial charge in [-0.1, -0.05) is 0 Å². The zero-order valence-electron chi connectivity index (χ0n) is 10.4. The number of rotatable bonds is 4. The molecule has 2 rings (SSSR count). The van der Waals surface area contributed by atoms with Gasteiger partial charge in [0.15, 0.2) is 0 Å². The molecule has 0 aromatic carbocycles. The van der Waals surface area contributed by atoms with E-state index in [2.05, 4.69) is 10.1 Å². The van der Waals surface area contributed by atoms with E-state index in [0.717, 1.165) is 31.0 Å². The molecule has 100 valence electrons. The largest absolute Gasteiger partial charge is 0.465 e. The molecular weight excluding hydrogens is 252 g/mol. The minimum absolute atomic E-state index is 0.253. The van der Waals surface area contributed by atoms with Crippen LogP contribution in [-0.2, 0) is 9.47 Å². The topological polar surface area (TPSA) is 73.6 Å². The number of carbonyl (C=O) groups is 1. The van der Waals surface area contributed by atoms with Crippen LogP contribution in [-0.4, -0.2) is 32.3 Å². The molecule has 1 fully saturated rings. The lowest BCUT2D eigenvalue weighted by Crippen LogP contribution is -2.26. The number of methoxy groups -OCH3 is 1. The van der Waals surface area contributed by atoms with Gasteiger partial charge in [-0.25, -0.2) is 4.79 Å².